The van der Waals surface area contributed by atoms with E-state index in [1.165, 1.54) is 22.3 Å². The number of hydrogen-bond acceptors (Lipinski definition) is 2. The number of benzene rings is 2. The van der Waals surface area contributed by atoms with Gasteiger partial charge < -0.3 is 0 Å². The fraction of sp³-hybridized carbons (Fsp3) is 0.158. The van der Waals surface area contributed by atoms with Crippen molar-refractivity contribution in [2.75, 3.05) is 0 Å². The minimum Gasteiger partial charge on any atom is -0.236 e. The van der Waals surface area contributed by atoms with Gasteiger partial charge in [0.25, 0.3) is 0 Å². The Morgan fingerprint density at radius 3 is 2.05 bits per heavy atom. The van der Waals surface area contributed by atoms with Crippen molar-refractivity contribution in [2.45, 2.75) is 20.8 Å². The molecule has 2 aromatic carbocycles. The summed E-state index contributed by atoms with van der Waals surface area (Å²) in [5, 5.41) is 0. The van der Waals surface area contributed by atoms with Crippen LogP contribution in [0, 0.1) is 20.8 Å². The highest BCUT2D eigenvalue weighted by Gasteiger charge is 2.10. The molecule has 0 aliphatic heterocycles. The van der Waals surface area contributed by atoms with Gasteiger partial charge in [-0.05, 0) is 43.5 Å². The lowest BCUT2D eigenvalue weighted by Crippen LogP contribution is -1.94. The van der Waals surface area contributed by atoms with Crippen molar-refractivity contribution in [1.29, 1.82) is 0 Å². The molecule has 0 fully saturated rings. The van der Waals surface area contributed by atoms with Crippen LogP contribution in [0.3, 0.4) is 0 Å². The molecule has 2 nitrogen and oxygen atoms in total. The summed E-state index contributed by atoms with van der Waals surface area (Å²) in [5.74, 6) is 0.735. The normalized spacial score (nSPS) is 10.7. The van der Waals surface area contributed by atoms with Crippen LogP contribution in [-0.4, -0.2) is 9.97 Å². The van der Waals surface area contributed by atoms with Crippen LogP contribution < -0.4 is 0 Å². The Hall–Kier alpha value is -2.00. The maximum Gasteiger partial charge on any atom is 0.160 e. The van der Waals surface area contributed by atoms with Gasteiger partial charge in [-0.2, -0.15) is 0 Å². The predicted molar refractivity (Wildman–Crippen MR) is 94.8 cm³/mol. The predicted octanol–water partition coefficient (Wildman–Crippen LogP) is 5.50. The first-order valence-electron chi connectivity index (χ1n) is 7.21. The molecule has 0 amide bonds. The van der Waals surface area contributed by atoms with Crippen molar-refractivity contribution in [3.63, 3.8) is 0 Å². The molecular weight excluding hydrogens is 336 g/mol. The Morgan fingerprint density at radius 2 is 1.45 bits per heavy atom. The van der Waals surface area contributed by atoms with Crippen molar-refractivity contribution < 1.29 is 0 Å². The molecule has 0 spiro atoms. The Kier molecular flexibility index (Phi) is 4.08. The molecule has 0 radical (unpaired) electrons. The minimum atomic E-state index is 0.735. The average molecular weight is 353 g/mol. The summed E-state index contributed by atoms with van der Waals surface area (Å²) in [6.45, 7) is 6.39. The van der Waals surface area contributed by atoms with Crippen LogP contribution in [0.25, 0.3) is 22.5 Å². The molecule has 110 valence electrons. The SMILES string of the molecule is Cc1cc(C)c(-c2cnc(-c3ccccc3Br)nc2)c(C)c1. The zero-order chi connectivity index (χ0) is 15.7. The number of halogens is 1. The summed E-state index contributed by atoms with van der Waals surface area (Å²) in [4.78, 5) is 9.10. The summed E-state index contributed by atoms with van der Waals surface area (Å²) in [5.41, 5.74) is 7.09. The van der Waals surface area contributed by atoms with Crippen molar-refractivity contribution in [1.82, 2.24) is 9.97 Å². The highest BCUT2D eigenvalue weighted by molar-refractivity contribution is 9.10. The van der Waals surface area contributed by atoms with Crippen molar-refractivity contribution in [3.05, 3.63) is 70.0 Å². The second kappa shape index (κ2) is 6.01. The molecule has 3 heteroatoms. The van der Waals surface area contributed by atoms with Gasteiger partial charge in [-0.15, -0.1) is 0 Å². The topological polar surface area (TPSA) is 25.8 Å². The number of rotatable bonds is 2. The lowest BCUT2D eigenvalue weighted by Gasteiger charge is -2.11. The van der Waals surface area contributed by atoms with Crippen LogP contribution in [0.4, 0.5) is 0 Å². The molecule has 22 heavy (non-hydrogen) atoms. The summed E-state index contributed by atoms with van der Waals surface area (Å²) in [6.07, 6.45) is 3.82. The van der Waals surface area contributed by atoms with Crippen molar-refractivity contribution >= 4 is 15.9 Å². The maximum absolute atomic E-state index is 4.55. The fourth-order valence-corrected chi connectivity index (χ4v) is 3.34. The van der Waals surface area contributed by atoms with Gasteiger partial charge in [-0.1, -0.05) is 51.8 Å². The largest absolute Gasteiger partial charge is 0.236 e. The second-order valence-electron chi connectivity index (χ2n) is 5.55. The van der Waals surface area contributed by atoms with Crippen LogP contribution in [0.2, 0.25) is 0 Å². The van der Waals surface area contributed by atoms with E-state index in [1.54, 1.807) is 0 Å². The van der Waals surface area contributed by atoms with Crippen LogP contribution >= 0.6 is 15.9 Å². The molecule has 3 aromatic rings. The van der Waals surface area contributed by atoms with E-state index in [0.717, 1.165) is 21.4 Å². The molecule has 0 aliphatic rings. The lowest BCUT2D eigenvalue weighted by molar-refractivity contribution is 1.17. The maximum atomic E-state index is 4.55. The molecule has 1 heterocycles. The highest BCUT2D eigenvalue weighted by atomic mass is 79.9. The fourth-order valence-electron chi connectivity index (χ4n) is 2.87. The van der Waals surface area contributed by atoms with Gasteiger partial charge in [0.2, 0.25) is 0 Å². The third kappa shape index (κ3) is 2.81. The smallest absolute Gasteiger partial charge is 0.160 e. The van der Waals surface area contributed by atoms with E-state index in [0.29, 0.717) is 0 Å². The van der Waals surface area contributed by atoms with Gasteiger partial charge in [-0.3, -0.25) is 0 Å². The lowest BCUT2D eigenvalue weighted by atomic mass is 9.95. The van der Waals surface area contributed by atoms with Crippen LogP contribution in [0.5, 0.6) is 0 Å². The Balaban J connectivity index is 2.04. The van der Waals surface area contributed by atoms with Gasteiger partial charge in [0.05, 0.1) is 0 Å². The third-order valence-electron chi connectivity index (χ3n) is 3.73. The van der Waals surface area contributed by atoms with Crippen LogP contribution in [0.15, 0.2) is 53.3 Å². The zero-order valence-corrected chi connectivity index (χ0v) is 14.5. The van der Waals surface area contributed by atoms with Crippen molar-refractivity contribution in [2.24, 2.45) is 0 Å². The first-order valence-corrected chi connectivity index (χ1v) is 8.00. The van der Waals surface area contributed by atoms with Crippen molar-refractivity contribution in [3.8, 4) is 22.5 Å². The van der Waals surface area contributed by atoms with Gasteiger partial charge in [-0.25, -0.2) is 9.97 Å². The molecule has 0 N–H and O–H groups in total. The summed E-state index contributed by atoms with van der Waals surface area (Å²) >= 11 is 3.55. The number of aryl methyl sites for hydroxylation is 3. The van der Waals surface area contributed by atoms with E-state index < -0.39 is 0 Å². The van der Waals surface area contributed by atoms with E-state index in [-0.39, 0.29) is 0 Å². The standard InChI is InChI=1S/C19H17BrN2/c1-12-8-13(2)18(14(3)9-12)15-10-21-19(22-11-15)16-6-4-5-7-17(16)20/h4-11H,1-3H3. The van der Waals surface area contributed by atoms with E-state index in [2.05, 4.69) is 58.8 Å². The first-order chi connectivity index (χ1) is 10.6. The molecule has 1 aromatic heterocycles. The molecule has 0 saturated heterocycles. The zero-order valence-electron chi connectivity index (χ0n) is 12.9. The third-order valence-corrected chi connectivity index (χ3v) is 4.42. The molecule has 0 unspecified atom stereocenters. The quantitative estimate of drug-likeness (QED) is 0.608. The summed E-state index contributed by atoms with van der Waals surface area (Å²) in [7, 11) is 0. The van der Waals surface area contributed by atoms with Gasteiger partial charge in [0.15, 0.2) is 5.82 Å². The Bertz CT molecular complexity index is 800. The van der Waals surface area contributed by atoms with E-state index in [9.17, 15) is 0 Å². The van der Waals surface area contributed by atoms with E-state index in [1.807, 2.05) is 36.7 Å². The monoisotopic (exact) mass is 352 g/mol. The highest BCUT2D eigenvalue weighted by Crippen LogP contribution is 2.29. The molecule has 0 saturated carbocycles. The molecular formula is C19H17BrN2. The number of aromatic nitrogens is 2. The molecule has 0 bridgehead atoms. The second-order valence-corrected chi connectivity index (χ2v) is 6.40. The average Bonchev–Trinajstić information content (AvgIpc) is 2.47. The molecule has 0 atom stereocenters. The van der Waals surface area contributed by atoms with Crippen LogP contribution in [0.1, 0.15) is 16.7 Å². The minimum absolute atomic E-state index is 0.735. The van der Waals surface area contributed by atoms with Gasteiger partial charge >= 0.3 is 0 Å². The number of nitrogens with zero attached hydrogens (tertiary/aromatic N) is 2. The summed E-state index contributed by atoms with van der Waals surface area (Å²) < 4.78 is 1.01. The van der Waals surface area contributed by atoms with E-state index >= 15 is 0 Å². The summed E-state index contributed by atoms with van der Waals surface area (Å²) in [6, 6.07) is 12.4. The van der Waals surface area contributed by atoms with Gasteiger partial charge in [0, 0.05) is 28.0 Å². The van der Waals surface area contributed by atoms with Gasteiger partial charge in [0.1, 0.15) is 0 Å². The number of hydrogen-bond donors (Lipinski definition) is 0. The molecule has 0 aliphatic carbocycles. The van der Waals surface area contributed by atoms with E-state index in [4.69, 9.17) is 0 Å². The first kappa shape index (κ1) is 14.9. The Labute approximate surface area is 139 Å². The van der Waals surface area contributed by atoms with Crippen LogP contribution in [-0.2, 0) is 0 Å². The molecule has 3 rings (SSSR count). The Morgan fingerprint density at radius 1 is 0.864 bits per heavy atom.